The number of aromatic hydroxyl groups is 2. The molecule has 92 valence electrons. The minimum atomic E-state index is -0.324. The van der Waals surface area contributed by atoms with Gasteiger partial charge in [0.25, 0.3) is 5.91 Å². The van der Waals surface area contributed by atoms with E-state index in [-0.39, 0.29) is 29.0 Å². The van der Waals surface area contributed by atoms with Crippen molar-refractivity contribution in [3.63, 3.8) is 0 Å². The maximum atomic E-state index is 12.2. The van der Waals surface area contributed by atoms with Gasteiger partial charge in [0.2, 0.25) is 0 Å². The molecule has 1 fully saturated rings. The number of carbonyl (C=O) groups is 1. The second-order valence-electron chi connectivity index (χ2n) is 4.22. The summed E-state index contributed by atoms with van der Waals surface area (Å²) in [6.07, 6.45) is 0. The van der Waals surface area contributed by atoms with Crippen LogP contribution in [0.5, 0.6) is 11.5 Å². The number of phenols is 2. The third kappa shape index (κ3) is 2.19. The molecule has 3 N–H and O–H groups in total. The van der Waals surface area contributed by atoms with Crippen molar-refractivity contribution in [2.45, 2.75) is 13.0 Å². The van der Waals surface area contributed by atoms with E-state index in [2.05, 4.69) is 5.32 Å². The number of hydrogen-bond acceptors (Lipinski definition) is 4. The average molecular weight is 236 g/mol. The molecule has 5 nitrogen and oxygen atoms in total. The lowest BCUT2D eigenvalue weighted by molar-refractivity contribution is 0.0649. The smallest absolute Gasteiger partial charge is 0.261 e. The predicted molar refractivity (Wildman–Crippen MR) is 63.1 cm³/mol. The van der Waals surface area contributed by atoms with E-state index < -0.39 is 0 Å². The second kappa shape index (κ2) is 4.63. The lowest BCUT2D eigenvalue weighted by Gasteiger charge is -2.34. The Kier molecular flexibility index (Phi) is 3.19. The second-order valence-corrected chi connectivity index (χ2v) is 4.22. The van der Waals surface area contributed by atoms with Gasteiger partial charge in [-0.15, -0.1) is 0 Å². The molecule has 1 heterocycles. The molecule has 1 aromatic carbocycles. The summed E-state index contributed by atoms with van der Waals surface area (Å²) in [4.78, 5) is 13.9. The van der Waals surface area contributed by atoms with Crippen LogP contribution in [0.15, 0.2) is 18.2 Å². The van der Waals surface area contributed by atoms with E-state index in [1.165, 1.54) is 18.2 Å². The molecule has 0 saturated carbocycles. The van der Waals surface area contributed by atoms with Crippen LogP contribution in [0.4, 0.5) is 0 Å². The summed E-state index contributed by atoms with van der Waals surface area (Å²) in [5, 5.41) is 22.5. The molecule has 1 unspecified atom stereocenters. The van der Waals surface area contributed by atoms with E-state index in [0.29, 0.717) is 6.54 Å². The summed E-state index contributed by atoms with van der Waals surface area (Å²) in [7, 11) is 0. The minimum Gasteiger partial charge on any atom is -0.507 e. The van der Waals surface area contributed by atoms with Gasteiger partial charge in [-0.2, -0.15) is 0 Å². The topological polar surface area (TPSA) is 72.8 Å². The third-order valence-electron chi connectivity index (χ3n) is 3.00. The highest BCUT2D eigenvalue weighted by Gasteiger charge is 2.27. The van der Waals surface area contributed by atoms with E-state index in [4.69, 9.17) is 0 Å². The fraction of sp³-hybridized carbons (Fsp3) is 0.417. The normalized spacial score (nSPS) is 20.3. The summed E-state index contributed by atoms with van der Waals surface area (Å²) >= 11 is 0. The zero-order valence-corrected chi connectivity index (χ0v) is 9.68. The van der Waals surface area contributed by atoms with Crippen molar-refractivity contribution in [1.29, 1.82) is 0 Å². The van der Waals surface area contributed by atoms with E-state index in [1.807, 2.05) is 6.92 Å². The van der Waals surface area contributed by atoms with Crippen LogP contribution in [0.1, 0.15) is 17.3 Å². The minimum absolute atomic E-state index is 0.0127. The number of piperazine rings is 1. The quantitative estimate of drug-likeness (QED) is 0.665. The van der Waals surface area contributed by atoms with Crippen LogP contribution in [0.2, 0.25) is 0 Å². The standard InChI is InChI=1S/C12H16N2O3/c1-8-7-13-5-6-14(8)12(17)11-9(15)3-2-4-10(11)16/h2-4,8,13,15-16H,5-7H2,1H3. The van der Waals surface area contributed by atoms with Crippen molar-refractivity contribution >= 4 is 5.91 Å². The van der Waals surface area contributed by atoms with Crippen molar-refractivity contribution < 1.29 is 15.0 Å². The molecule has 1 aliphatic rings. The van der Waals surface area contributed by atoms with Gasteiger partial charge in [0.1, 0.15) is 17.1 Å². The molecule has 5 heteroatoms. The summed E-state index contributed by atoms with van der Waals surface area (Å²) in [5.74, 6) is -0.684. The number of phenolic OH excluding ortho intramolecular Hbond substituents is 2. The summed E-state index contributed by atoms with van der Waals surface area (Å²) in [6, 6.07) is 4.36. The lowest BCUT2D eigenvalue weighted by atomic mass is 10.1. The van der Waals surface area contributed by atoms with Gasteiger partial charge in [-0.25, -0.2) is 0 Å². The lowest BCUT2D eigenvalue weighted by Crippen LogP contribution is -2.52. The SMILES string of the molecule is CC1CNCCN1C(=O)c1c(O)cccc1O. The first-order valence-corrected chi connectivity index (χ1v) is 5.64. The third-order valence-corrected chi connectivity index (χ3v) is 3.00. The molecule has 1 atom stereocenters. The molecule has 2 rings (SSSR count). The van der Waals surface area contributed by atoms with Crippen LogP contribution in [0, 0.1) is 0 Å². The van der Waals surface area contributed by atoms with Gasteiger partial charge in [0.15, 0.2) is 0 Å². The molecular weight excluding hydrogens is 220 g/mol. The van der Waals surface area contributed by atoms with E-state index >= 15 is 0 Å². The van der Waals surface area contributed by atoms with Crippen LogP contribution in [0.3, 0.4) is 0 Å². The Labute approximate surface area is 99.7 Å². The maximum absolute atomic E-state index is 12.2. The number of rotatable bonds is 1. The highest BCUT2D eigenvalue weighted by molar-refractivity contribution is 5.99. The van der Waals surface area contributed by atoms with Crippen molar-refractivity contribution in [3.8, 4) is 11.5 Å². The van der Waals surface area contributed by atoms with Gasteiger partial charge >= 0.3 is 0 Å². The van der Waals surface area contributed by atoms with E-state index in [1.54, 1.807) is 4.90 Å². The maximum Gasteiger partial charge on any atom is 0.261 e. The fourth-order valence-corrected chi connectivity index (χ4v) is 2.03. The Morgan fingerprint density at radius 1 is 1.41 bits per heavy atom. The summed E-state index contributed by atoms with van der Waals surface area (Å²) < 4.78 is 0. The molecule has 0 spiro atoms. The van der Waals surface area contributed by atoms with Crippen LogP contribution in [-0.2, 0) is 0 Å². The van der Waals surface area contributed by atoms with Crippen LogP contribution in [-0.4, -0.2) is 46.7 Å². The molecule has 1 amide bonds. The van der Waals surface area contributed by atoms with Crippen molar-refractivity contribution in [2.24, 2.45) is 0 Å². The van der Waals surface area contributed by atoms with Gasteiger partial charge in [-0.1, -0.05) is 6.07 Å². The van der Waals surface area contributed by atoms with Gasteiger partial charge in [0, 0.05) is 25.7 Å². The molecule has 0 bridgehead atoms. The average Bonchev–Trinajstić information content (AvgIpc) is 2.29. The zero-order valence-electron chi connectivity index (χ0n) is 9.68. The zero-order chi connectivity index (χ0) is 12.4. The number of carbonyl (C=O) groups excluding carboxylic acids is 1. The Hall–Kier alpha value is -1.75. The molecule has 1 aromatic rings. The Morgan fingerprint density at radius 2 is 2.06 bits per heavy atom. The number of hydrogen-bond donors (Lipinski definition) is 3. The molecule has 0 radical (unpaired) electrons. The molecule has 0 aliphatic carbocycles. The highest BCUT2D eigenvalue weighted by Crippen LogP contribution is 2.28. The predicted octanol–water partition coefficient (Wildman–Crippen LogP) is 0.532. The Balaban J connectivity index is 2.30. The van der Waals surface area contributed by atoms with E-state index in [0.717, 1.165) is 13.1 Å². The van der Waals surface area contributed by atoms with Gasteiger partial charge in [0.05, 0.1) is 0 Å². The van der Waals surface area contributed by atoms with Crippen molar-refractivity contribution in [1.82, 2.24) is 10.2 Å². The fourth-order valence-electron chi connectivity index (χ4n) is 2.03. The monoisotopic (exact) mass is 236 g/mol. The van der Waals surface area contributed by atoms with Crippen LogP contribution in [0.25, 0.3) is 0 Å². The summed E-state index contributed by atoms with van der Waals surface area (Å²) in [6.45, 7) is 3.96. The van der Waals surface area contributed by atoms with Crippen molar-refractivity contribution in [3.05, 3.63) is 23.8 Å². The van der Waals surface area contributed by atoms with Crippen LogP contribution < -0.4 is 5.32 Å². The van der Waals surface area contributed by atoms with Gasteiger partial charge in [-0.05, 0) is 19.1 Å². The first-order valence-electron chi connectivity index (χ1n) is 5.64. The Bertz CT molecular complexity index is 414. The first kappa shape index (κ1) is 11.7. The first-order chi connectivity index (χ1) is 8.11. The largest absolute Gasteiger partial charge is 0.507 e. The summed E-state index contributed by atoms with van der Waals surface area (Å²) in [5.41, 5.74) is -0.0127. The van der Waals surface area contributed by atoms with Crippen molar-refractivity contribution in [2.75, 3.05) is 19.6 Å². The van der Waals surface area contributed by atoms with E-state index in [9.17, 15) is 15.0 Å². The number of benzene rings is 1. The van der Waals surface area contributed by atoms with Gasteiger partial charge < -0.3 is 20.4 Å². The highest BCUT2D eigenvalue weighted by atomic mass is 16.3. The molecule has 0 aromatic heterocycles. The molecule has 1 saturated heterocycles. The Morgan fingerprint density at radius 3 is 2.65 bits per heavy atom. The van der Waals surface area contributed by atoms with Crippen LogP contribution >= 0.6 is 0 Å². The molecule has 1 aliphatic heterocycles. The number of amides is 1. The van der Waals surface area contributed by atoms with Gasteiger partial charge in [-0.3, -0.25) is 4.79 Å². The molecular formula is C12H16N2O3. The number of nitrogens with one attached hydrogen (secondary N) is 1. The molecule has 17 heavy (non-hydrogen) atoms. The number of nitrogens with zero attached hydrogens (tertiary/aromatic N) is 1.